The molecule has 0 unspecified atom stereocenters. The molecule has 0 aliphatic rings. The van der Waals surface area contributed by atoms with Gasteiger partial charge in [0.2, 0.25) is 0 Å². The van der Waals surface area contributed by atoms with E-state index in [1.807, 2.05) is 31.2 Å². The molecule has 0 saturated heterocycles. The van der Waals surface area contributed by atoms with E-state index in [9.17, 15) is 4.79 Å². The smallest absolute Gasteiger partial charge is 0.262 e. The van der Waals surface area contributed by atoms with Crippen molar-refractivity contribution in [2.75, 3.05) is 5.75 Å². The molecule has 23 heavy (non-hydrogen) atoms. The van der Waals surface area contributed by atoms with Crippen molar-refractivity contribution in [2.45, 2.75) is 32.3 Å². The number of aromatic nitrogens is 4. The number of rotatable bonds is 5. The summed E-state index contributed by atoms with van der Waals surface area (Å²) in [5, 5.41) is 5.51. The predicted molar refractivity (Wildman–Crippen MR) is 94.4 cm³/mol. The van der Waals surface area contributed by atoms with Crippen molar-refractivity contribution in [1.29, 1.82) is 0 Å². The third kappa shape index (κ3) is 3.47. The third-order valence-electron chi connectivity index (χ3n) is 3.60. The van der Waals surface area contributed by atoms with Crippen LogP contribution in [-0.4, -0.2) is 25.5 Å². The van der Waals surface area contributed by atoms with Crippen LogP contribution in [0.1, 0.15) is 25.8 Å². The summed E-state index contributed by atoms with van der Waals surface area (Å²) in [5.74, 6) is 1.57. The largest absolute Gasteiger partial charge is 0.301 e. The monoisotopic (exact) mass is 328 g/mol. The van der Waals surface area contributed by atoms with Gasteiger partial charge in [-0.1, -0.05) is 37.7 Å². The molecule has 0 spiro atoms. The van der Waals surface area contributed by atoms with Gasteiger partial charge in [-0.3, -0.25) is 4.79 Å². The molecule has 120 valence electrons. The first kappa shape index (κ1) is 15.8. The second kappa shape index (κ2) is 6.58. The Bertz CT molecular complexity index is 882. The SMILES string of the molecule is Cc1cccc(-n2ncc3c(=O)[nH]c(SCCC(C)C)nc32)c1. The van der Waals surface area contributed by atoms with Gasteiger partial charge in [0.15, 0.2) is 10.8 Å². The van der Waals surface area contributed by atoms with Gasteiger partial charge < -0.3 is 4.98 Å². The minimum Gasteiger partial charge on any atom is -0.301 e. The summed E-state index contributed by atoms with van der Waals surface area (Å²) in [6, 6.07) is 8.00. The van der Waals surface area contributed by atoms with E-state index in [1.54, 1.807) is 22.6 Å². The van der Waals surface area contributed by atoms with Crippen LogP contribution in [0, 0.1) is 12.8 Å². The molecule has 1 N–H and O–H groups in total. The van der Waals surface area contributed by atoms with E-state index in [0.717, 1.165) is 23.4 Å². The maximum Gasteiger partial charge on any atom is 0.262 e. The van der Waals surface area contributed by atoms with Crippen LogP contribution in [-0.2, 0) is 0 Å². The lowest BCUT2D eigenvalue weighted by Crippen LogP contribution is -2.10. The molecule has 0 atom stereocenters. The van der Waals surface area contributed by atoms with Crippen LogP contribution < -0.4 is 5.56 Å². The number of hydrogen-bond acceptors (Lipinski definition) is 4. The van der Waals surface area contributed by atoms with Crippen molar-refractivity contribution in [3.63, 3.8) is 0 Å². The fourth-order valence-electron chi connectivity index (χ4n) is 2.31. The summed E-state index contributed by atoms with van der Waals surface area (Å²) in [5.41, 5.74) is 2.52. The molecule has 3 rings (SSSR count). The van der Waals surface area contributed by atoms with E-state index >= 15 is 0 Å². The molecule has 3 aromatic rings. The van der Waals surface area contributed by atoms with Crippen LogP contribution in [0.5, 0.6) is 0 Å². The standard InChI is InChI=1S/C17H20N4OS/c1-11(2)7-8-23-17-19-15-14(16(22)20-17)10-18-21(15)13-6-4-5-12(3)9-13/h4-6,9-11H,7-8H2,1-3H3,(H,19,20,22). The van der Waals surface area contributed by atoms with Gasteiger partial charge in [0.25, 0.3) is 5.56 Å². The molecule has 0 aliphatic heterocycles. The first-order valence-electron chi connectivity index (χ1n) is 7.72. The van der Waals surface area contributed by atoms with Crippen LogP contribution in [0.4, 0.5) is 0 Å². The van der Waals surface area contributed by atoms with E-state index in [0.29, 0.717) is 22.1 Å². The molecule has 2 heterocycles. The van der Waals surface area contributed by atoms with Crippen molar-refractivity contribution in [3.8, 4) is 5.69 Å². The Morgan fingerprint density at radius 2 is 2.17 bits per heavy atom. The Kier molecular flexibility index (Phi) is 4.52. The number of hydrogen-bond donors (Lipinski definition) is 1. The predicted octanol–water partition coefficient (Wildman–Crippen LogP) is 3.56. The summed E-state index contributed by atoms with van der Waals surface area (Å²) in [4.78, 5) is 19.7. The van der Waals surface area contributed by atoms with Crippen LogP contribution >= 0.6 is 11.8 Å². The van der Waals surface area contributed by atoms with Crippen molar-refractivity contribution in [3.05, 3.63) is 46.4 Å². The summed E-state index contributed by atoms with van der Waals surface area (Å²) in [6.45, 7) is 6.40. The normalized spacial score (nSPS) is 11.5. The second-order valence-electron chi connectivity index (χ2n) is 6.03. The van der Waals surface area contributed by atoms with Crippen molar-refractivity contribution in [1.82, 2.24) is 19.7 Å². The van der Waals surface area contributed by atoms with Crippen LogP contribution in [0.15, 0.2) is 40.4 Å². The Morgan fingerprint density at radius 3 is 2.91 bits per heavy atom. The minimum atomic E-state index is -0.138. The zero-order chi connectivity index (χ0) is 16.4. The van der Waals surface area contributed by atoms with E-state index in [-0.39, 0.29) is 5.56 Å². The van der Waals surface area contributed by atoms with E-state index < -0.39 is 0 Å². The van der Waals surface area contributed by atoms with Gasteiger partial charge >= 0.3 is 0 Å². The second-order valence-corrected chi connectivity index (χ2v) is 7.12. The molecule has 0 bridgehead atoms. The summed E-state index contributed by atoms with van der Waals surface area (Å²) in [7, 11) is 0. The Hall–Kier alpha value is -2.08. The average Bonchev–Trinajstić information content (AvgIpc) is 2.91. The highest BCUT2D eigenvalue weighted by Gasteiger charge is 2.12. The zero-order valence-electron chi connectivity index (χ0n) is 13.5. The average molecular weight is 328 g/mol. The highest BCUT2D eigenvalue weighted by Crippen LogP contribution is 2.19. The Morgan fingerprint density at radius 1 is 1.35 bits per heavy atom. The highest BCUT2D eigenvalue weighted by molar-refractivity contribution is 7.99. The van der Waals surface area contributed by atoms with E-state index in [2.05, 4.69) is 28.9 Å². The molecule has 0 amide bonds. The quantitative estimate of drug-likeness (QED) is 0.574. The lowest BCUT2D eigenvalue weighted by molar-refractivity contribution is 0.631. The zero-order valence-corrected chi connectivity index (χ0v) is 14.4. The fourth-order valence-corrected chi connectivity index (χ4v) is 3.41. The molecule has 0 saturated carbocycles. The number of benzene rings is 1. The maximum atomic E-state index is 12.2. The molecular weight excluding hydrogens is 308 g/mol. The van der Waals surface area contributed by atoms with Crippen molar-refractivity contribution < 1.29 is 0 Å². The van der Waals surface area contributed by atoms with Crippen LogP contribution in [0.3, 0.4) is 0 Å². The molecule has 5 nitrogen and oxygen atoms in total. The number of nitrogens with zero attached hydrogens (tertiary/aromatic N) is 3. The van der Waals surface area contributed by atoms with Gasteiger partial charge in [-0.25, -0.2) is 9.67 Å². The van der Waals surface area contributed by atoms with Crippen LogP contribution in [0.2, 0.25) is 0 Å². The molecule has 0 radical (unpaired) electrons. The summed E-state index contributed by atoms with van der Waals surface area (Å²) in [6.07, 6.45) is 2.66. The van der Waals surface area contributed by atoms with Gasteiger partial charge in [-0.2, -0.15) is 5.10 Å². The minimum absolute atomic E-state index is 0.138. The topological polar surface area (TPSA) is 63.6 Å². The molecule has 1 aromatic carbocycles. The van der Waals surface area contributed by atoms with Crippen molar-refractivity contribution in [2.24, 2.45) is 5.92 Å². The van der Waals surface area contributed by atoms with E-state index in [4.69, 9.17) is 0 Å². The highest BCUT2D eigenvalue weighted by atomic mass is 32.2. The maximum absolute atomic E-state index is 12.2. The number of aryl methyl sites for hydroxylation is 1. The number of fused-ring (bicyclic) bond motifs is 1. The molecule has 0 fully saturated rings. The lowest BCUT2D eigenvalue weighted by atomic mass is 10.2. The summed E-state index contributed by atoms with van der Waals surface area (Å²) < 4.78 is 1.73. The first-order chi connectivity index (χ1) is 11.0. The molecule has 0 aliphatic carbocycles. The fraction of sp³-hybridized carbons (Fsp3) is 0.353. The van der Waals surface area contributed by atoms with Crippen LogP contribution in [0.25, 0.3) is 16.7 Å². The van der Waals surface area contributed by atoms with Gasteiger partial charge in [0.05, 0.1) is 11.9 Å². The molecular formula is C17H20N4OS. The molecule has 6 heteroatoms. The Labute approximate surface area is 139 Å². The lowest BCUT2D eigenvalue weighted by Gasteiger charge is -2.06. The number of aromatic amines is 1. The van der Waals surface area contributed by atoms with Gasteiger partial charge in [0.1, 0.15) is 5.39 Å². The third-order valence-corrected chi connectivity index (χ3v) is 4.50. The van der Waals surface area contributed by atoms with Crippen molar-refractivity contribution >= 4 is 22.8 Å². The van der Waals surface area contributed by atoms with Gasteiger partial charge in [-0.05, 0) is 37.0 Å². The van der Waals surface area contributed by atoms with Gasteiger partial charge in [0, 0.05) is 5.75 Å². The van der Waals surface area contributed by atoms with E-state index in [1.165, 1.54) is 0 Å². The number of thioether (sulfide) groups is 1. The molecule has 2 aromatic heterocycles. The van der Waals surface area contributed by atoms with Gasteiger partial charge in [-0.15, -0.1) is 0 Å². The number of nitrogens with one attached hydrogen (secondary N) is 1. The Balaban J connectivity index is 2.00. The summed E-state index contributed by atoms with van der Waals surface area (Å²) >= 11 is 1.58. The first-order valence-corrected chi connectivity index (χ1v) is 8.71. The number of H-pyrrole nitrogens is 1.